The van der Waals surface area contributed by atoms with Gasteiger partial charge in [0, 0.05) is 12.6 Å². The first-order chi connectivity index (χ1) is 7.77. The molecule has 2 nitrogen and oxygen atoms in total. The Morgan fingerprint density at radius 2 is 1.65 bits per heavy atom. The Balaban J connectivity index is 3.20. The lowest BCUT2D eigenvalue weighted by molar-refractivity contribution is 0.586. The van der Waals surface area contributed by atoms with E-state index in [0.717, 1.165) is 6.54 Å². The molecule has 0 amide bonds. The van der Waals surface area contributed by atoms with E-state index in [4.69, 9.17) is 5.73 Å². The maximum atomic E-state index is 6.20. The predicted molar refractivity (Wildman–Crippen MR) is 75.5 cm³/mol. The summed E-state index contributed by atoms with van der Waals surface area (Å²) in [7, 11) is 1.94. The van der Waals surface area contributed by atoms with E-state index < -0.39 is 0 Å². The molecule has 96 valence electrons. The first kappa shape index (κ1) is 14.2. The van der Waals surface area contributed by atoms with Crippen LogP contribution in [0.4, 0.5) is 0 Å². The molecule has 0 spiro atoms. The highest BCUT2D eigenvalue weighted by Crippen LogP contribution is 2.28. The van der Waals surface area contributed by atoms with Crippen molar-refractivity contribution in [3.8, 4) is 0 Å². The smallest absolute Gasteiger partial charge is 0.0426 e. The van der Waals surface area contributed by atoms with Crippen molar-refractivity contribution in [3.05, 3.63) is 34.4 Å². The van der Waals surface area contributed by atoms with Gasteiger partial charge < -0.3 is 11.1 Å². The van der Waals surface area contributed by atoms with Crippen molar-refractivity contribution in [3.63, 3.8) is 0 Å². The van der Waals surface area contributed by atoms with Crippen LogP contribution < -0.4 is 11.1 Å². The molecule has 17 heavy (non-hydrogen) atoms. The van der Waals surface area contributed by atoms with Crippen molar-refractivity contribution < 1.29 is 0 Å². The second-order valence-corrected chi connectivity index (χ2v) is 5.94. The predicted octanol–water partition coefficient (Wildman–Crippen LogP) is 2.82. The van der Waals surface area contributed by atoms with Crippen LogP contribution >= 0.6 is 0 Å². The van der Waals surface area contributed by atoms with Gasteiger partial charge in [0.25, 0.3) is 0 Å². The van der Waals surface area contributed by atoms with Crippen LogP contribution in [0.25, 0.3) is 0 Å². The molecule has 0 fully saturated rings. The highest BCUT2D eigenvalue weighted by molar-refractivity contribution is 5.42. The van der Waals surface area contributed by atoms with E-state index in [-0.39, 0.29) is 11.5 Å². The monoisotopic (exact) mass is 234 g/mol. The second kappa shape index (κ2) is 5.19. The molecule has 1 aromatic carbocycles. The van der Waals surface area contributed by atoms with Crippen molar-refractivity contribution in [2.24, 2.45) is 5.73 Å². The van der Waals surface area contributed by atoms with Crippen LogP contribution in [-0.4, -0.2) is 13.6 Å². The maximum absolute atomic E-state index is 6.20. The van der Waals surface area contributed by atoms with Crippen LogP contribution in [0.1, 0.15) is 49.1 Å². The van der Waals surface area contributed by atoms with Gasteiger partial charge in [0.15, 0.2) is 0 Å². The fourth-order valence-electron chi connectivity index (χ4n) is 2.31. The molecule has 0 saturated carbocycles. The van der Waals surface area contributed by atoms with Crippen LogP contribution in [-0.2, 0) is 5.41 Å². The minimum absolute atomic E-state index is 0.0778. The minimum atomic E-state index is 0.0778. The Morgan fingerprint density at radius 3 is 2.00 bits per heavy atom. The highest BCUT2D eigenvalue weighted by atomic mass is 14.9. The maximum Gasteiger partial charge on any atom is 0.0426 e. The summed E-state index contributed by atoms with van der Waals surface area (Å²) < 4.78 is 0. The Hall–Kier alpha value is -0.860. The Labute approximate surface area is 106 Å². The number of likely N-dealkylation sites (N-methyl/N-ethyl adjacent to an activating group) is 1. The number of rotatable bonds is 3. The van der Waals surface area contributed by atoms with E-state index in [0.29, 0.717) is 0 Å². The normalized spacial score (nSPS) is 13.8. The zero-order valence-corrected chi connectivity index (χ0v) is 12.0. The fraction of sp³-hybridized carbons (Fsp3) is 0.600. The molecule has 0 aromatic heterocycles. The Bertz CT molecular complexity index is 365. The average Bonchev–Trinajstić information content (AvgIpc) is 2.15. The number of nitrogens with one attached hydrogen (secondary N) is 1. The summed E-state index contributed by atoms with van der Waals surface area (Å²) in [4.78, 5) is 0. The van der Waals surface area contributed by atoms with E-state index in [2.05, 4.69) is 52.1 Å². The summed E-state index contributed by atoms with van der Waals surface area (Å²) in [5.41, 5.74) is 11.7. The van der Waals surface area contributed by atoms with Crippen LogP contribution in [0, 0.1) is 13.8 Å². The molecule has 0 bridgehead atoms. The number of aryl methyl sites for hydroxylation is 2. The van der Waals surface area contributed by atoms with Crippen molar-refractivity contribution >= 4 is 0 Å². The standard InChI is InChI=1S/C15H26N2/c1-10-7-12(15(3,4)5)8-11(2)14(10)13(16)9-17-6/h7-8,13,17H,9,16H2,1-6H3. The molecule has 1 unspecified atom stereocenters. The molecule has 0 radical (unpaired) electrons. The average molecular weight is 234 g/mol. The van der Waals surface area contributed by atoms with E-state index in [1.807, 2.05) is 7.05 Å². The molecule has 0 aliphatic rings. The second-order valence-electron chi connectivity index (χ2n) is 5.94. The van der Waals surface area contributed by atoms with Gasteiger partial charge in [0.1, 0.15) is 0 Å². The van der Waals surface area contributed by atoms with Crippen molar-refractivity contribution in [2.45, 2.75) is 46.1 Å². The van der Waals surface area contributed by atoms with Gasteiger partial charge in [0.05, 0.1) is 0 Å². The topological polar surface area (TPSA) is 38.0 Å². The first-order valence-corrected chi connectivity index (χ1v) is 6.29. The van der Waals surface area contributed by atoms with E-state index in [1.165, 1.54) is 22.3 Å². The lowest BCUT2D eigenvalue weighted by atomic mass is 9.83. The van der Waals surface area contributed by atoms with Gasteiger partial charge in [-0.15, -0.1) is 0 Å². The molecule has 0 saturated heterocycles. The summed E-state index contributed by atoms with van der Waals surface area (Å²) in [5, 5.41) is 3.14. The van der Waals surface area contributed by atoms with E-state index >= 15 is 0 Å². The lowest BCUT2D eigenvalue weighted by Gasteiger charge is -2.24. The van der Waals surface area contributed by atoms with Gasteiger partial charge in [0.2, 0.25) is 0 Å². The summed E-state index contributed by atoms with van der Waals surface area (Å²) in [5.74, 6) is 0. The Morgan fingerprint density at radius 1 is 1.18 bits per heavy atom. The van der Waals surface area contributed by atoms with Crippen molar-refractivity contribution in [1.29, 1.82) is 0 Å². The summed E-state index contributed by atoms with van der Waals surface area (Å²) >= 11 is 0. The Kier molecular flexibility index (Phi) is 4.34. The van der Waals surface area contributed by atoms with Gasteiger partial charge in [-0.05, 0) is 48.6 Å². The van der Waals surface area contributed by atoms with Gasteiger partial charge in [-0.2, -0.15) is 0 Å². The fourth-order valence-corrected chi connectivity index (χ4v) is 2.31. The van der Waals surface area contributed by atoms with Gasteiger partial charge in [-0.3, -0.25) is 0 Å². The molecule has 3 N–H and O–H groups in total. The molecule has 0 heterocycles. The van der Waals surface area contributed by atoms with Crippen LogP contribution in [0.15, 0.2) is 12.1 Å². The summed E-state index contributed by atoms with van der Waals surface area (Å²) in [6.45, 7) is 11.9. The van der Waals surface area contributed by atoms with Gasteiger partial charge in [-0.1, -0.05) is 32.9 Å². The molecule has 1 aromatic rings. The first-order valence-electron chi connectivity index (χ1n) is 6.29. The summed E-state index contributed by atoms with van der Waals surface area (Å²) in [6, 6.07) is 4.63. The molecule has 0 aliphatic carbocycles. The number of benzene rings is 1. The molecule has 0 aliphatic heterocycles. The third-order valence-electron chi connectivity index (χ3n) is 3.25. The van der Waals surface area contributed by atoms with Crippen molar-refractivity contribution in [1.82, 2.24) is 5.32 Å². The molecular formula is C15H26N2. The quantitative estimate of drug-likeness (QED) is 0.844. The van der Waals surface area contributed by atoms with Crippen molar-refractivity contribution in [2.75, 3.05) is 13.6 Å². The number of hydrogen-bond acceptors (Lipinski definition) is 2. The SMILES string of the molecule is CNCC(N)c1c(C)cc(C(C)(C)C)cc1C. The summed E-state index contributed by atoms with van der Waals surface area (Å²) in [6.07, 6.45) is 0. The third kappa shape index (κ3) is 3.30. The third-order valence-corrected chi connectivity index (χ3v) is 3.25. The largest absolute Gasteiger partial charge is 0.323 e. The highest BCUT2D eigenvalue weighted by Gasteiger charge is 2.18. The van der Waals surface area contributed by atoms with Gasteiger partial charge >= 0.3 is 0 Å². The lowest BCUT2D eigenvalue weighted by Crippen LogP contribution is -2.26. The number of hydrogen-bond donors (Lipinski definition) is 2. The van der Waals surface area contributed by atoms with Crippen LogP contribution in [0.3, 0.4) is 0 Å². The minimum Gasteiger partial charge on any atom is -0.323 e. The molecule has 1 rings (SSSR count). The molecule has 2 heteroatoms. The number of nitrogens with two attached hydrogens (primary N) is 1. The van der Waals surface area contributed by atoms with Gasteiger partial charge in [-0.25, -0.2) is 0 Å². The molecule has 1 atom stereocenters. The molecular weight excluding hydrogens is 208 g/mol. The van der Waals surface area contributed by atoms with E-state index in [1.54, 1.807) is 0 Å². The zero-order valence-electron chi connectivity index (χ0n) is 12.0. The van der Waals surface area contributed by atoms with E-state index in [9.17, 15) is 0 Å². The zero-order chi connectivity index (χ0) is 13.2. The van der Waals surface area contributed by atoms with Crippen LogP contribution in [0.2, 0.25) is 0 Å². The van der Waals surface area contributed by atoms with Crippen LogP contribution in [0.5, 0.6) is 0 Å².